The second-order valence-corrected chi connectivity index (χ2v) is 29.8. The van der Waals surface area contributed by atoms with Crippen molar-refractivity contribution in [1.82, 2.24) is 39.8 Å². The largest absolute Gasteiger partial charge is 0.476 e. The van der Waals surface area contributed by atoms with E-state index in [9.17, 15) is 47.1 Å². The van der Waals surface area contributed by atoms with Crippen molar-refractivity contribution in [2.75, 3.05) is 69.0 Å². The molecule has 4 aliphatic carbocycles. The summed E-state index contributed by atoms with van der Waals surface area (Å²) in [6.07, 6.45) is 12.0. The SMILES string of the molecule is Cc1c(-c2ccc(N3CCc4cccc(C(=O)Nc5nc6ccccc6s5)c4C3)nc2C(=O)O)cnn1CC12CC3(C)CC(C)(C1)CC(OCCN(C)C(=O)OCc1ccc(CCCCNC(=O)CN4C(=O)[C@@H](N5C(=O)C=CC5=O)C[C@H]4COCCS(=O)(=O)O)cc1)(C3)C2. The van der Waals surface area contributed by atoms with E-state index in [4.69, 9.17) is 28.8 Å². The quantitative estimate of drug-likeness (QED) is 0.0227. The van der Waals surface area contributed by atoms with E-state index < -0.39 is 69.2 Å². The normalized spacial score (nSPS) is 23.8. The Morgan fingerprint density at radius 3 is 2.33 bits per heavy atom. The number of benzene rings is 3. The van der Waals surface area contributed by atoms with Gasteiger partial charge in [0.2, 0.25) is 11.8 Å². The number of anilines is 2. The van der Waals surface area contributed by atoms with Gasteiger partial charge in [-0.05, 0) is 140 Å². The fourth-order valence-electron chi connectivity index (χ4n) is 16.4. The molecule has 1 saturated heterocycles. The summed E-state index contributed by atoms with van der Waals surface area (Å²) in [5, 5.41) is 22.0. The molecule has 26 heteroatoms. The van der Waals surface area contributed by atoms with Crippen molar-refractivity contribution in [3.63, 3.8) is 0 Å². The van der Waals surface area contributed by atoms with Gasteiger partial charge < -0.3 is 39.3 Å². The molecule has 4 saturated carbocycles. The van der Waals surface area contributed by atoms with Gasteiger partial charge in [-0.15, -0.1) is 0 Å². The summed E-state index contributed by atoms with van der Waals surface area (Å²) in [6.45, 7) is 8.55. The number of ether oxygens (including phenoxy) is 3. The minimum atomic E-state index is -4.29. The first-order chi connectivity index (χ1) is 44.8. The number of likely N-dealkylation sites (N-methyl/N-ethyl adjacent to an activating group) is 1. The Hall–Kier alpha value is -8.43. The van der Waals surface area contributed by atoms with E-state index in [1.165, 1.54) is 16.2 Å². The summed E-state index contributed by atoms with van der Waals surface area (Å²) < 4.78 is 52.5. The van der Waals surface area contributed by atoms with E-state index in [-0.39, 0.29) is 60.6 Å². The molecule has 6 amide bonds. The fraction of sp³-hybridized carbons (Fsp3) is 0.471. The Labute approximate surface area is 548 Å². The Kier molecular flexibility index (Phi) is 18.4. The van der Waals surface area contributed by atoms with E-state index >= 15 is 0 Å². The number of likely N-dealkylation sites (tertiary alicyclic amines) is 1. The zero-order chi connectivity index (χ0) is 66.3. The second kappa shape index (κ2) is 26.4. The van der Waals surface area contributed by atoms with Crippen molar-refractivity contribution >= 4 is 84.2 Å². The van der Waals surface area contributed by atoms with Gasteiger partial charge in [0.05, 0.1) is 60.2 Å². The summed E-state index contributed by atoms with van der Waals surface area (Å²) >= 11 is 1.42. The smallest absolute Gasteiger partial charge is 0.409 e. The van der Waals surface area contributed by atoms with Crippen molar-refractivity contribution in [3.05, 3.63) is 136 Å². The van der Waals surface area contributed by atoms with Gasteiger partial charge in [0, 0.05) is 80.7 Å². The first-order valence-corrected chi connectivity index (χ1v) is 34.3. The number of nitrogens with zero attached hydrogens (tertiary/aromatic N) is 8. The number of unbranched alkanes of at least 4 members (excludes halogenated alkanes) is 1. The van der Waals surface area contributed by atoms with Crippen LogP contribution in [-0.2, 0) is 76.0 Å². The maximum absolute atomic E-state index is 13.8. The molecular formula is C68H78N10O14S2. The number of aromatic nitrogens is 4. The van der Waals surface area contributed by atoms with Crippen LogP contribution >= 0.6 is 11.3 Å². The van der Waals surface area contributed by atoms with Gasteiger partial charge in [0.1, 0.15) is 18.5 Å². The van der Waals surface area contributed by atoms with Crippen LogP contribution in [0.3, 0.4) is 0 Å². The molecule has 4 N–H and O–H groups in total. The minimum absolute atomic E-state index is 0.00783. The molecule has 6 aromatic rings. The molecule has 5 fully saturated rings. The highest BCUT2D eigenvalue weighted by Crippen LogP contribution is 2.72. The lowest BCUT2D eigenvalue weighted by atomic mass is 9.39. The lowest BCUT2D eigenvalue weighted by Crippen LogP contribution is -2.64. The Morgan fingerprint density at radius 2 is 1.60 bits per heavy atom. The van der Waals surface area contributed by atoms with Crippen molar-refractivity contribution in [1.29, 1.82) is 0 Å². The van der Waals surface area contributed by atoms with Crippen molar-refractivity contribution in [2.45, 2.75) is 129 Å². The molecule has 13 rings (SSSR count). The third-order valence-electron chi connectivity index (χ3n) is 19.5. The number of imide groups is 1. The van der Waals surface area contributed by atoms with Crippen molar-refractivity contribution in [2.24, 2.45) is 16.2 Å². The van der Waals surface area contributed by atoms with E-state index in [0.29, 0.717) is 86.2 Å². The maximum Gasteiger partial charge on any atom is 0.409 e. The summed E-state index contributed by atoms with van der Waals surface area (Å²) in [5.74, 6) is -3.90. The topological polar surface area (TPSA) is 302 Å². The maximum atomic E-state index is 13.8. The number of thiazole rings is 1. The lowest BCUT2D eigenvalue weighted by molar-refractivity contribution is -0.248. The highest BCUT2D eigenvalue weighted by atomic mass is 32.2. The molecule has 0 radical (unpaired) electrons. The molecule has 4 bridgehead atoms. The Morgan fingerprint density at radius 1 is 0.851 bits per heavy atom. The molecule has 2 unspecified atom stereocenters. The van der Waals surface area contributed by atoms with Crippen LogP contribution in [0.2, 0.25) is 0 Å². The molecule has 3 aliphatic heterocycles. The number of hydrogen-bond donors (Lipinski definition) is 4. The zero-order valence-corrected chi connectivity index (χ0v) is 54.8. The molecule has 3 aromatic heterocycles. The zero-order valence-electron chi connectivity index (χ0n) is 53.1. The van der Waals surface area contributed by atoms with Gasteiger partial charge in [-0.3, -0.25) is 43.4 Å². The number of nitrogens with one attached hydrogen (secondary N) is 2. The van der Waals surface area contributed by atoms with Crippen LogP contribution in [0.5, 0.6) is 0 Å². The molecule has 7 aliphatic rings. The number of aromatic carboxylic acids is 1. The number of fused-ring (bicyclic) bond motifs is 2. The van der Waals surface area contributed by atoms with Crippen LogP contribution in [-0.4, -0.2) is 171 Å². The minimum Gasteiger partial charge on any atom is -0.476 e. The van der Waals surface area contributed by atoms with Crippen LogP contribution in [0.15, 0.2) is 97.2 Å². The standard InChI is InChI=1S/C68H78N10O14S2/c1-43-50(48-19-20-55(72-59(48)62(84)85)75-25-23-46-11-9-12-49(51(46)32-75)60(82)73-63-71-52-13-5-6-14-54(52)93-63)31-70-77(43)42-67-37-65(2)36-66(3,38-67)40-68(39-65,41-67)92-27-26-74(4)64(86)91-34-45-17-15-44(16-18-45)10-7-8-24-69-56(79)33-76-47(35-90-28-29-94(87,88)89)30-53(61(76)83)78-57(80)21-22-58(78)81/h5-6,9,11-22,31,47,53H,7-8,10,23-30,32-42H2,1-4H3,(H,69,79)(H,84,85)(H,71,73,82)(H,87,88,89)/t47-,53-,65?,66?,67?,68?/m0/s1. The molecule has 3 aromatic carbocycles. The van der Waals surface area contributed by atoms with Gasteiger partial charge in [-0.25, -0.2) is 19.6 Å². The van der Waals surface area contributed by atoms with Crippen molar-refractivity contribution in [3.8, 4) is 11.1 Å². The molecule has 496 valence electrons. The third-order valence-corrected chi connectivity index (χ3v) is 21.1. The molecule has 24 nitrogen and oxygen atoms in total. The molecule has 4 atom stereocenters. The molecular weight excluding hydrogens is 1240 g/mol. The number of carbonyl (C=O) groups excluding carboxylic acids is 6. The van der Waals surface area contributed by atoms with Gasteiger partial charge in [0.15, 0.2) is 10.8 Å². The number of carboxylic acid groups (broad SMARTS) is 1. The fourth-order valence-corrected chi connectivity index (χ4v) is 17.6. The number of carboxylic acids is 1. The first kappa shape index (κ1) is 65.6. The highest BCUT2D eigenvalue weighted by Gasteiger charge is 2.66. The number of carbonyl (C=O) groups is 7. The highest BCUT2D eigenvalue weighted by molar-refractivity contribution is 7.85. The number of para-hydroxylation sites is 1. The molecule has 0 spiro atoms. The molecule has 6 heterocycles. The predicted molar refractivity (Wildman–Crippen MR) is 348 cm³/mol. The first-order valence-electron chi connectivity index (χ1n) is 31.9. The van der Waals surface area contributed by atoms with Crippen LogP contribution < -0.4 is 15.5 Å². The van der Waals surface area contributed by atoms with Crippen LogP contribution in [0.4, 0.5) is 15.7 Å². The van der Waals surface area contributed by atoms with E-state index in [1.54, 1.807) is 18.1 Å². The number of aryl methyl sites for hydroxylation is 1. The van der Waals surface area contributed by atoms with Crippen LogP contribution in [0.25, 0.3) is 21.3 Å². The Balaban J connectivity index is 0.602. The third kappa shape index (κ3) is 14.3. The van der Waals surface area contributed by atoms with Gasteiger partial charge in [0.25, 0.3) is 27.8 Å². The number of amides is 6. The Bertz CT molecular complexity index is 4040. The average molecular weight is 1320 g/mol. The van der Waals surface area contributed by atoms with E-state index in [2.05, 4.69) is 29.5 Å². The van der Waals surface area contributed by atoms with Gasteiger partial charge in [-0.1, -0.05) is 73.7 Å². The second-order valence-electron chi connectivity index (χ2n) is 27.2. The number of rotatable bonds is 26. The number of pyridine rings is 1. The van der Waals surface area contributed by atoms with E-state index in [1.807, 2.05) is 95.4 Å². The molecule has 94 heavy (non-hydrogen) atoms. The predicted octanol–water partition coefficient (Wildman–Crippen LogP) is 8.02. The van der Waals surface area contributed by atoms with Crippen LogP contribution in [0, 0.1) is 23.2 Å². The van der Waals surface area contributed by atoms with Crippen molar-refractivity contribution < 1.29 is 65.8 Å². The summed E-state index contributed by atoms with van der Waals surface area (Å²) in [4.78, 5) is 107. The number of hydrogen-bond acceptors (Lipinski definition) is 17. The summed E-state index contributed by atoms with van der Waals surface area (Å²) in [6, 6.07) is 23.1. The van der Waals surface area contributed by atoms with E-state index in [0.717, 1.165) is 100 Å². The summed E-state index contributed by atoms with van der Waals surface area (Å²) in [5.41, 5.74) is 6.67. The lowest BCUT2D eigenvalue weighted by Gasteiger charge is -2.69. The van der Waals surface area contributed by atoms with Crippen LogP contribution in [0.1, 0.15) is 120 Å². The van der Waals surface area contributed by atoms with Gasteiger partial charge in [-0.2, -0.15) is 13.5 Å². The summed E-state index contributed by atoms with van der Waals surface area (Å²) in [7, 11) is -2.58. The van der Waals surface area contributed by atoms with Gasteiger partial charge >= 0.3 is 12.1 Å². The monoisotopic (exact) mass is 1320 g/mol. The average Bonchev–Trinajstić information content (AvgIpc) is 0.840.